The summed E-state index contributed by atoms with van der Waals surface area (Å²) in [6.07, 6.45) is 2.12. The molecule has 166 valence electrons. The van der Waals surface area contributed by atoms with Crippen LogP contribution in [0.1, 0.15) is 57.3 Å². The number of ether oxygens (including phenoxy) is 3. The topological polar surface area (TPSA) is 77.1 Å². The summed E-state index contributed by atoms with van der Waals surface area (Å²) in [6.45, 7) is 8.63. The third-order valence-electron chi connectivity index (χ3n) is 5.61. The lowest BCUT2D eigenvalue weighted by Crippen LogP contribution is -2.45. The molecule has 0 spiro atoms. The van der Waals surface area contributed by atoms with E-state index in [0.29, 0.717) is 18.8 Å². The molecule has 1 heterocycles. The number of carbonyl (C=O) groups excluding carboxylic acids is 2. The zero-order valence-electron chi connectivity index (χ0n) is 18.3. The summed E-state index contributed by atoms with van der Waals surface area (Å²) in [4.78, 5) is 26.7. The lowest BCUT2D eigenvalue weighted by molar-refractivity contribution is 0.0476. The molecule has 1 amide bonds. The predicted molar refractivity (Wildman–Crippen MR) is 111 cm³/mol. The molecule has 0 unspecified atom stereocenters. The number of esters is 1. The Morgan fingerprint density at radius 2 is 2.00 bits per heavy atom. The number of hydrogen-bond acceptors (Lipinski definition) is 6. The number of hydrogen-bond donors (Lipinski definition) is 1. The van der Waals surface area contributed by atoms with Gasteiger partial charge in [0.2, 0.25) is 0 Å². The molecule has 2 aliphatic rings. The maximum atomic E-state index is 14.4. The number of halogens is 1. The van der Waals surface area contributed by atoms with Crippen LogP contribution in [0, 0.1) is 11.7 Å². The second kappa shape index (κ2) is 8.32. The van der Waals surface area contributed by atoms with Crippen molar-refractivity contribution in [2.45, 2.75) is 58.1 Å². The van der Waals surface area contributed by atoms with E-state index in [4.69, 9.17) is 14.2 Å². The lowest BCUT2D eigenvalue weighted by atomic mass is 9.96. The number of carbonyl (C=O) groups is 2. The summed E-state index contributed by atoms with van der Waals surface area (Å²) in [6, 6.07) is 2.65. The van der Waals surface area contributed by atoms with Crippen molar-refractivity contribution in [2.24, 2.45) is 5.92 Å². The van der Waals surface area contributed by atoms with E-state index in [9.17, 15) is 14.0 Å². The molecule has 1 atom stereocenters. The SMILES string of the molecule is CCOC(=O)c1ccc(F)c(OC)c1N1CC[C@@H](C2(NC(=O)OC(C)(C)C)CC2)C1. The van der Waals surface area contributed by atoms with Gasteiger partial charge in [-0.25, -0.2) is 14.0 Å². The molecule has 1 aliphatic heterocycles. The second-order valence-electron chi connectivity index (χ2n) is 8.91. The van der Waals surface area contributed by atoms with Gasteiger partial charge in [0, 0.05) is 24.5 Å². The minimum absolute atomic E-state index is 0.0335. The first-order valence-corrected chi connectivity index (χ1v) is 10.4. The van der Waals surface area contributed by atoms with Crippen LogP contribution in [0.3, 0.4) is 0 Å². The highest BCUT2D eigenvalue weighted by atomic mass is 19.1. The number of methoxy groups -OCH3 is 1. The number of amides is 1. The Labute approximate surface area is 176 Å². The van der Waals surface area contributed by atoms with Gasteiger partial charge in [0.1, 0.15) is 5.60 Å². The molecule has 8 heteroatoms. The van der Waals surface area contributed by atoms with Crippen molar-refractivity contribution in [1.82, 2.24) is 5.32 Å². The maximum Gasteiger partial charge on any atom is 0.408 e. The first kappa shape index (κ1) is 22.2. The van der Waals surface area contributed by atoms with E-state index >= 15 is 0 Å². The fourth-order valence-corrected chi connectivity index (χ4v) is 4.12. The van der Waals surface area contributed by atoms with Gasteiger partial charge in [0.05, 0.1) is 25.0 Å². The summed E-state index contributed by atoms with van der Waals surface area (Å²) >= 11 is 0. The molecular formula is C22H31FN2O5. The van der Waals surface area contributed by atoms with Gasteiger partial charge in [-0.05, 0) is 59.1 Å². The quantitative estimate of drug-likeness (QED) is 0.701. The van der Waals surface area contributed by atoms with Gasteiger partial charge in [0.15, 0.2) is 11.6 Å². The number of benzene rings is 1. The van der Waals surface area contributed by atoms with Crippen molar-refractivity contribution in [1.29, 1.82) is 0 Å². The lowest BCUT2D eigenvalue weighted by Gasteiger charge is -2.28. The Bertz CT molecular complexity index is 816. The van der Waals surface area contributed by atoms with E-state index in [2.05, 4.69) is 5.32 Å². The zero-order valence-corrected chi connectivity index (χ0v) is 18.3. The molecule has 0 radical (unpaired) electrons. The minimum Gasteiger partial charge on any atom is -0.492 e. The van der Waals surface area contributed by atoms with Crippen molar-refractivity contribution in [2.75, 3.05) is 31.7 Å². The Hall–Kier alpha value is -2.51. The van der Waals surface area contributed by atoms with Gasteiger partial charge in [-0.3, -0.25) is 0 Å². The molecule has 1 saturated heterocycles. The monoisotopic (exact) mass is 422 g/mol. The molecule has 1 aromatic carbocycles. The summed E-state index contributed by atoms with van der Waals surface area (Å²) in [7, 11) is 1.39. The Balaban J connectivity index is 1.80. The maximum absolute atomic E-state index is 14.4. The van der Waals surface area contributed by atoms with Crippen LogP contribution >= 0.6 is 0 Å². The van der Waals surface area contributed by atoms with Crippen molar-refractivity contribution in [3.63, 3.8) is 0 Å². The van der Waals surface area contributed by atoms with E-state index in [1.54, 1.807) is 6.92 Å². The highest BCUT2D eigenvalue weighted by molar-refractivity contribution is 5.97. The fourth-order valence-electron chi connectivity index (χ4n) is 4.12. The van der Waals surface area contributed by atoms with Gasteiger partial charge >= 0.3 is 12.1 Å². The predicted octanol–water partition coefficient (Wildman–Crippen LogP) is 3.89. The highest BCUT2D eigenvalue weighted by Gasteiger charge is 2.53. The first-order chi connectivity index (χ1) is 14.1. The molecule has 3 rings (SSSR count). The standard InChI is InChI=1S/C22H31FN2O5/c1-6-29-19(26)15-7-8-16(23)18(28-5)17(15)25-12-9-14(13-25)22(10-11-22)24-20(27)30-21(2,3)4/h7-8,14H,6,9-13H2,1-5H3,(H,24,27)/t14-/m1/s1. The van der Waals surface area contributed by atoms with Gasteiger partial charge < -0.3 is 24.4 Å². The summed E-state index contributed by atoms with van der Waals surface area (Å²) in [5, 5.41) is 3.05. The Morgan fingerprint density at radius 3 is 2.57 bits per heavy atom. The smallest absolute Gasteiger partial charge is 0.408 e. The van der Waals surface area contributed by atoms with E-state index in [-0.39, 0.29) is 29.4 Å². The molecule has 7 nitrogen and oxygen atoms in total. The summed E-state index contributed by atoms with van der Waals surface area (Å²) < 4.78 is 30.3. The molecule has 2 fully saturated rings. The molecule has 30 heavy (non-hydrogen) atoms. The van der Waals surface area contributed by atoms with Crippen LogP contribution in [0.15, 0.2) is 12.1 Å². The highest BCUT2D eigenvalue weighted by Crippen LogP contribution is 2.48. The summed E-state index contributed by atoms with van der Waals surface area (Å²) in [5.41, 5.74) is -0.195. The summed E-state index contributed by atoms with van der Waals surface area (Å²) in [5.74, 6) is -0.849. The van der Waals surface area contributed by atoms with Crippen molar-refractivity contribution < 1.29 is 28.2 Å². The molecule has 1 aromatic rings. The minimum atomic E-state index is -0.564. The van der Waals surface area contributed by atoms with Gasteiger partial charge in [0.25, 0.3) is 0 Å². The molecule has 0 aromatic heterocycles. The molecule has 1 aliphatic carbocycles. The van der Waals surface area contributed by atoms with Crippen LogP contribution in [-0.2, 0) is 9.47 Å². The number of rotatable bonds is 6. The Kier molecular flexibility index (Phi) is 6.15. The van der Waals surface area contributed by atoms with Gasteiger partial charge in [-0.1, -0.05) is 0 Å². The Morgan fingerprint density at radius 1 is 1.30 bits per heavy atom. The van der Waals surface area contributed by atoms with Crippen molar-refractivity contribution >= 4 is 17.7 Å². The average Bonchev–Trinajstić information content (AvgIpc) is 3.24. The molecule has 0 bridgehead atoms. The fraction of sp³-hybridized carbons (Fsp3) is 0.636. The third kappa shape index (κ3) is 4.63. The van der Waals surface area contributed by atoms with Crippen molar-refractivity contribution in [3.8, 4) is 5.75 Å². The van der Waals surface area contributed by atoms with E-state index in [0.717, 1.165) is 19.3 Å². The molecule has 1 saturated carbocycles. The van der Waals surface area contributed by atoms with Gasteiger partial charge in [-0.15, -0.1) is 0 Å². The molecule has 1 N–H and O–H groups in total. The first-order valence-electron chi connectivity index (χ1n) is 10.4. The van der Waals surface area contributed by atoms with E-state index in [1.165, 1.54) is 19.2 Å². The molecular weight excluding hydrogens is 391 g/mol. The van der Waals surface area contributed by atoms with E-state index < -0.39 is 23.5 Å². The average molecular weight is 422 g/mol. The third-order valence-corrected chi connectivity index (χ3v) is 5.61. The largest absolute Gasteiger partial charge is 0.492 e. The van der Waals surface area contributed by atoms with Crippen LogP contribution < -0.4 is 15.0 Å². The number of anilines is 1. The van der Waals surface area contributed by atoms with Crippen LogP contribution in [0.5, 0.6) is 5.75 Å². The van der Waals surface area contributed by atoms with Crippen molar-refractivity contribution in [3.05, 3.63) is 23.5 Å². The van der Waals surface area contributed by atoms with Crippen LogP contribution in [0.2, 0.25) is 0 Å². The van der Waals surface area contributed by atoms with Crippen LogP contribution in [-0.4, -0.2) is 50.0 Å². The van der Waals surface area contributed by atoms with Crippen LogP contribution in [0.25, 0.3) is 0 Å². The normalized spacial score (nSPS) is 19.9. The van der Waals surface area contributed by atoms with Crippen LogP contribution in [0.4, 0.5) is 14.9 Å². The zero-order chi connectivity index (χ0) is 22.1. The number of alkyl carbamates (subject to hydrolysis) is 1. The second-order valence-corrected chi connectivity index (χ2v) is 8.91. The number of nitrogens with zero attached hydrogens (tertiary/aromatic N) is 1. The number of nitrogens with one attached hydrogen (secondary N) is 1. The van der Waals surface area contributed by atoms with E-state index in [1.807, 2.05) is 25.7 Å². The van der Waals surface area contributed by atoms with Gasteiger partial charge in [-0.2, -0.15) is 0 Å².